The number of nitrogens with one attached hydrogen (secondary N) is 2. The molecule has 10 nitrogen and oxygen atoms in total. The highest BCUT2D eigenvalue weighted by molar-refractivity contribution is 7.16. The Morgan fingerprint density at radius 1 is 1.22 bits per heavy atom. The molecule has 0 aliphatic heterocycles. The largest absolute Gasteiger partial charge is 0.494 e. The highest BCUT2D eigenvalue weighted by atomic mass is 32.1. The molecular weight excluding hydrogens is 488 g/mol. The number of rotatable bonds is 11. The number of amides is 1. The first-order chi connectivity index (χ1) is 17.8. The minimum Gasteiger partial charge on any atom is -0.494 e. The Balaban J connectivity index is 1.70. The number of hydrogen-bond acceptors (Lipinski definition) is 9. The first kappa shape index (κ1) is 26.1. The Hall–Kier alpha value is -3.96. The number of nitrogens with zero attached hydrogens (tertiary/aromatic N) is 6. The van der Waals surface area contributed by atoms with Crippen LogP contribution >= 0.6 is 11.3 Å². The van der Waals surface area contributed by atoms with E-state index in [1.54, 1.807) is 24.6 Å². The molecule has 0 bridgehead atoms. The Kier molecular flexibility index (Phi) is 8.04. The molecule has 37 heavy (non-hydrogen) atoms. The molecule has 0 fully saturated rings. The summed E-state index contributed by atoms with van der Waals surface area (Å²) in [7, 11) is 7.62. The van der Waals surface area contributed by atoms with Gasteiger partial charge in [0.05, 0.1) is 29.9 Å². The van der Waals surface area contributed by atoms with E-state index >= 15 is 0 Å². The van der Waals surface area contributed by atoms with E-state index in [0.717, 1.165) is 41.1 Å². The van der Waals surface area contributed by atoms with Crippen molar-refractivity contribution in [3.8, 4) is 11.6 Å². The number of carbonyl (C=O) groups is 1. The first-order valence-corrected chi connectivity index (χ1v) is 12.8. The summed E-state index contributed by atoms with van der Waals surface area (Å²) in [5.74, 6) is 1.32. The van der Waals surface area contributed by atoms with E-state index in [0.29, 0.717) is 28.9 Å². The molecule has 3 heterocycles. The maximum absolute atomic E-state index is 12.2. The number of aryl methyl sites for hydroxylation is 1. The number of anilines is 4. The van der Waals surface area contributed by atoms with Crippen molar-refractivity contribution in [2.24, 2.45) is 0 Å². The minimum atomic E-state index is -0.304. The molecule has 0 aliphatic carbocycles. The summed E-state index contributed by atoms with van der Waals surface area (Å²) >= 11 is 1.62. The molecule has 3 aromatic heterocycles. The van der Waals surface area contributed by atoms with Gasteiger partial charge in [0.1, 0.15) is 10.6 Å². The zero-order valence-corrected chi connectivity index (χ0v) is 22.6. The summed E-state index contributed by atoms with van der Waals surface area (Å²) in [4.78, 5) is 26.5. The molecule has 0 saturated heterocycles. The number of hydrogen-bond donors (Lipinski definition) is 2. The van der Waals surface area contributed by atoms with Gasteiger partial charge in [0.25, 0.3) is 0 Å². The van der Waals surface area contributed by atoms with Crippen LogP contribution in [0.1, 0.15) is 12.6 Å². The van der Waals surface area contributed by atoms with E-state index in [2.05, 4.69) is 50.4 Å². The van der Waals surface area contributed by atoms with Gasteiger partial charge in [-0.15, -0.1) is 11.3 Å². The molecule has 2 N–H and O–H groups in total. The van der Waals surface area contributed by atoms with Crippen molar-refractivity contribution in [2.75, 3.05) is 56.9 Å². The normalized spacial score (nSPS) is 11.1. The van der Waals surface area contributed by atoms with Gasteiger partial charge in [-0.3, -0.25) is 4.79 Å². The van der Waals surface area contributed by atoms with Gasteiger partial charge < -0.3 is 25.2 Å². The number of likely N-dealkylation sites (N-methyl/N-ethyl adjacent to an activating group) is 2. The van der Waals surface area contributed by atoms with E-state index in [9.17, 15) is 4.79 Å². The SMILES string of the molecule is C=CC(=O)Nc1cc(Nc2nccc(-n3nc(CC)c4ccsc43)n2)c(OC)cc1N(C)CCN(C)C. The molecule has 4 aromatic rings. The van der Waals surface area contributed by atoms with Crippen LogP contribution < -0.4 is 20.3 Å². The number of fused-ring (bicyclic) bond motifs is 1. The maximum Gasteiger partial charge on any atom is 0.247 e. The smallest absolute Gasteiger partial charge is 0.247 e. The standard InChI is InChI=1S/C26H32N8O2S/c1-7-18-17-10-14-37-25(17)34(31-18)23-9-11-27-26(30-23)29-20-15-19(28-24(35)8-2)21(16-22(20)36-6)33(5)13-12-32(3)4/h8-11,14-16H,2,7,12-13H2,1,3-6H3,(H,28,35)(H,27,29,30). The summed E-state index contributed by atoms with van der Waals surface area (Å²) in [6, 6.07) is 7.62. The quantitative estimate of drug-likeness (QED) is 0.282. The average Bonchev–Trinajstić information content (AvgIpc) is 3.50. The molecule has 0 radical (unpaired) electrons. The summed E-state index contributed by atoms with van der Waals surface area (Å²) < 4.78 is 7.55. The van der Waals surface area contributed by atoms with E-state index in [1.165, 1.54) is 6.08 Å². The molecule has 0 unspecified atom stereocenters. The zero-order valence-electron chi connectivity index (χ0n) is 21.8. The van der Waals surface area contributed by atoms with Crippen molar-refractivity contribution < 1.29 is 9.53 Å². The lowest BCUT2D eigenvalue weighted by atomic mass is 10.2. The molecule has 0 atom stereocenters. The van der Waals surface area contributed by atoms with Gasteiger partial charge in [0.15, 0.2) is 5.82 Å². The molecule has 1 amide bonds. The van der Waals surface area contributed by atoms with E-state index < -0.39 is 0 Å². The second-order valence-electron chi connectivity index (χ2n) is 8.70. The molecule has 194 valence electrons. The van der Waals surface area contributed by atoms with Crippen LogP contribution in [0, 0.1) is 0 Å². The second kappa shape index (κ2) is 11.4. The van der Waals surface area contributed by atoms with Crippen molar-refractivity contribution in [1.82, 2.24) is 24.6 Å². The van der Waals surface area contributed by atoms with Gasteiger partial charge in [-0.1, -0.05) is 13.5 Å². The van der Waals surface area contributed by atoms with E-state index in [4.69, 9.17) is 14.8 Å². The molecule has 0 aliphatic rings. The predicted octanol–water partition coefficient (Wildman–Crippen LogP) is 4.31. The number of carbonyl (C=O) groups excluding carboxylic acids is 1. The Morgan fingerprint density at radius 3 is 2.73 bits per heavy atom. The third kappa shape index (κ3) is 5.73. The van der Waals surface area contributed by atoms with Crippen LogP contribution in [-0.2, 0) is 11.2 Å². The van der Waals surface area contributed by atoms with E-state index in [1.807, 2.05) is 44.0 Å². The maximum atomic E-state index is 12.2. The Morgan fingerprint density at radius 2 is 2.03 bits per heavy atom. The molecule has 0 saturated carbocycles. The summed E-state index contributed by atoms with van der Waals surface area (Å²) in [6.07, 6.45) is 3.77. The highest BCUT2D eigenvalue weighted by Gasteiger charge is 2.18. The van der Waals surface area contributed by atoms with Crippen molar-refractivity contribution in [2.45, 2.75) is 13.3 Å². The summed E-state index contributed by atoms with van der Waals surface area (Å²) in [5, 5.41) is 14.1. The fourth-order valence-electron chi connectivity index (χ4n) is 3.87. The number of aromatic nitrogens is 4. The first-order valence-electron chi connectivity index (χ1n) is 11.9. The monoisotopic (exact) mass is 520 g/mol. The van der Waals surface area contributed by atoms with Crippen molar-refractivity contribution in [3.63, 3.8) is 0 Å². The highest BCUT2D eigenvalue weighted by Crippen LogP contribution is 2.38. The zero-order chi connectivity index (χ0) is 26.5. The molecular formula is C26H32N8O2S. The van der Waals surface area contributed by atoms with Gasteiger partial charge in [0, 0.05) is 43.9 Å². The summed E-state index contributed by atoms with van der Waals surface area (Å²) in [6.45, 7) is 7.27. The van der Waals surface area contributed by atoms with Crippen LogP contribution in [0.5, 0.6) is 5.75 Å². The fourth-order valence-corrected chi connectivity index (χ4v) is 4.76. The topological polar surface area (TPSA) is 100 Å². The molecule has 11 heteroatoms. The lowest BCUT2D eigenvalue weighted by Gasteiger charge is -2.26. The molecule has 1 aromatic carbocycles. The minimum absolute atomic E-state index is 0.304. The molecule has 0 spiro atoms. The van der Waals surface area contributed by atoms with Crippen LogP contribution in [-0.4, -0.2) is 71.9 Å². The lowest BCUT2D eigenvalue weighted by Crippen LogP contribution is -2.29. The van der Waals surface area contributed by atoms with Crippen LogP contribution in [0.4, 0.5) is 23.0 Å². The van der Waals surface area contributed by atoms with Gasteiger partial charge in [0.2, 0.25) is 11.9 Å². The number of ether oxygens (including phenoxy) is 1. The van der Waals surface area contributed by atoms with Crippen molar-refractivity contribution >= 4 is 50.5 Å². The van der Waals surface area contributed by atoms with Crippen molar-refractivity contribution in [1.29, 1.82) is 0 Å². The van der Waals surface area contributed by atoms with Crippen LogP contribution in [0.15, 0.2) is 48.5 Å². The van der Waals surface area contributed by atoms with Gasteiger partial charge in [-0.2, -0.15) is 10.1 Å². The third-order valence-corrected chi connectivity index (χ3v) is 6.75. The Bertz CT molecular complexity index is 1410. The number of benzene rings is 1. The van der Waals surface area contributed by atoms with Crippen LogP contribution in [0.2, 0.25) is 0 Å². The van der Waals surface area contributed by atoms with Crippen LogP contribution in [0.25, 0.3) is 16.0 Å². The van der Waals surface area contributed by atoms with Gasteiger partial charge in [-0.25, -0.2) is 9.67 Å². The lowest BCUT2D eigenvalue weighted by molar-refractivity contribution is -0.111. The third-order valence-electron chi connectivity index (χ3n) is 5.86. The van der Waals surface area contributed by atoms with Crippen molar-refractivity contribution in [3.05, 3.63) is 54.2 Å². The number of methoxy groups -OCH3 is 1. The number of thiophene rings is 1. The van der Waals surface area contributed by atoms with Gasteiger partial charge in [-0.05, 0) is 44.1 Å². The second-order valence-corrected chi connectivity index (χ2v) is 9.60. The fraction of sp³-hybridized carbons (Fsp3) is 0.308. The van der Waals surface area contributed by atoms with Gasteiger partial charge >= 0.3 is 0 Å². The Labute approximate surface area is 220 Å². The summed E-state index contributed by atoms with van der Waals surface area (Å²) in [5.41, 5.74) is 3.07. The van der Waals surface area contributed by atoms with Crippen LogP contribution in [0.3, 0.4) is 0 Å². The average molecular weight is 521 g/mol. The predicted molar refractivity (Wildman–Crippen MR) is 151 cm³/mol. The molecule has 4 rings (SSSR count). The van der Waals surface area contributed by atoms with E-state index in [-0.39, 0.29) is 5.91 Å².